The molecule has 0 aliphatic heterocycles. The Balaban J connectivity index is 2.33. The maximum absolute atomic E-state index is 5.67. The zero-order chi connectivity index (χ0) is 11.4. The maximum Gasteiger partial charge on any atom is 0.107 e. The molecule has 0 heterocycles. The SMILES string of the molecule is COC(c1ccccc1)c1ccc(N)cc1. The van der Waals surface area contributed by atoms with E-state index >= 15 is 0 Å². The van der Waals surface area contributed by atoms with Gasteiger partial charge in [-0.15, -0.1) is 0 Å². The molecule has 2 N–H and O–H groups in total. The highest BCUT2D eigenvalue weighted by Crippen LogP contribution is 2.25. The summed E-state index contributed by atoms with van der Waals surface area (Å²) in [6, 6.07) is 17.9. The van der Waals surface area contributed by atoms with E-state index in [0.29, 0.717) is 0 Å². The minimum atomic E-state index is -0.0261. The molecule has 0 aliphatic carbocycles. The standard InChI is InChI=1S/C14H15NO/c1-16-14(11-5-3-2-4-6-11)12-7-9-13(15)10-8-12/h2-10,14H,15H2,1H3. The summed E-state index contributed by atoms with van der Waals surface area (Å²) in [7, 11) is 1.72. The lowest BCUT2D eigenvalue weighted by atomic mass is 10.0. The van der Waals surface area contributed by atoms with Crippen molar-refractivity contribution >= 4 is 5.69 Å². The molecule has 0 aliphatic rings. The molecule has 2 nitrogen and oxygen atoms in total. The van der Waals surface area contributed by atoms with Gasteiger partial charge in [0.15, 0.2) is 0 Å². The highest BCUT2D eigenvalue weighted by atomic mass is 16.5. The van der Waals surface area contributed by atoms with E-state index in [9.17, 15) is 0 Å². The molecule has 2 heteroatoms. The second kappa shape index (κ2) is 4.81. The molecule has 2 aromatic carbocycles. The van der Waals surface area contributed by atoms with Crippen LogP contribution in [-0.4, -0.2) is 7.11 Å². The number of methoxy groups -OCH3 is 1. The Morgan fingerprint density at radius 1 is 0.875 bits per heavy atom. The first-order valence-electron chi connectivity index (χ1n) is 5.24. The zero-order valence-electron chi connectivity index (χ0n) is 9.26. The first kappa shape index (κ1) is 10.7. The fourth-order valence-corrected chi connectivity index (χ4v) is 1.76. The second-order valence-corrected chi connectivity index (χ2v) is 3.69. The molecule has 82 valence electrons. The predicted octanol–water partition coefficient (Wildman–Crippen LogP) is 3.00. The van der Waals surface area contributed by atoms with Gasteiger partial charge in [-0.25, -0.2) is 0 Å². The van der Waals surface area contributed by atoms with Gasteiger partial charge in [0.25, 0.3) is 0 Å². The number of nitrogen functional groups attached to an aromatic ring is 1. The van der Waals surface area contributed by atoms with Crippen molar-refractivity contribution in [2.45, 2.75) is 6.10 Å². The highest BCUT2D eigenvalue weighted by molar-refractivity contribution is 5.41. The summed E-state index contributed by atoms with van der Waals surface area (Å²) in [5.74, 6) is 0. The molecule has 2 aromatic rings. The lowest BCUT2D eigenvalue weighted by Crippen LogP contribution is -2.03. The quantitative estimate of drug-likeness (QED) is 0.795. The van der Waals surface area contributed by atoms with Gasteiger partial charge in [-0.3, -0.25) is 0 Å². The summed E-state index contributed by atoms with van der Waals surface area (Å²) in [6.45, 7) is 0. The summed E-state index contributed by atoms with van der Waals surface area (Å²) < 4.78 is 5.52. The van der Waals surface area contributed by atoms with Gasteiger partial charge in [-0.05, 0) is 23.3 Å². The third-order valence-electron chi connectivity index (χ3n) is 2.58. The van der Waals surface area contributed by atoms with Crippen molar-refractivity contribution in [3.05, 3.63) is 65.7 Å². The van der Waals surface area contributed by atoms with E-state index < -0.39 is 0 Å². The summed E-state index contributed by atoms with van der Waals surface area (Å²) in [5, 5.41) is 0. The normalized spacial score (nSPS) is 12.3. The van der Waals surface area contributed by atoms with E-state index in [-0.39, 0.29) is 6.10 Å². The zero-order valence-corrected chi connectivity index (χ0v) is 9.26. The topological polar surface area (TPSA) is 35.2 Å². The number of hydrogen-bond donors (Lipinski definition) is 1. The smallest absolute Gasteiger partial charge is 0.107 e. The Kier molecular flexibility index (Phi) is 3.22. The molecule has 0 aromatic heterocycles. The average molecular weight is 213 g/mol. The summed E-state index contributed by atoms with van der Waals surface area (Å²) >= 11 is 0. The summed E-state index contributed by atoms with van der Waals surface area (Å²) in [4.78, 5) is 0. The molecular weight excluding hydrogens is 198 g/mol. The van der Waals surface area contributed by atoms with Crippen LogP contribution in [0.5, 0.6) is 0 Å². The minimum absolute atomic E-state index is 0.0261. The molecule has 16 heavy (non-hydrogen) atoms. The third kappa shape index (κ3) is 2.23. The van der Waals surface area contributed by atoms with Gasteiger partial charge in [0.05, 0.1) is 0 Å². The third-order valence-corrected chi connectivity index (χ3v) is 2.58. The molecule has 0 saturated carbocycles. The monoisotopic (exact) mass is 213 g/mol. The van der Waals surface area contributed by atoms with Crippen LogP contribution < -0.4 is 5.73 Å². The van der Waals surface area contributed by atoms with Crippen LogP contribution in [0.15, 0.2) is 54.6 Å². The van der Waals surface area contributed by atoms with Crippen molar-refractivity contribution in [2.75, 3.05) is 12.8 Å². The number of hydrogen-bond acceptors (Lipinski definition) is 2. The van der Waals surface area contributed by atoms with E-state index in [4.69, 9.17) is 10.5 Å². The van der Waals surface area contributed by atoms with Crippen molar-refractivity contribution in [1.29, 1.82) is 0 Å². The van der Waals surface area contributed by atoms with Crippen LogP contribution in [0.2, 0.25) is 0 Å². The first-order valence-corrected chi connectivity index (χ1v) is 5.24. The molecule has 2 rings (SSSR count). The number of nitrogens with two attached hydrogens (primary N) is 1. The fraction of sp³-hybridized carbons (Fsp3) is 0.143. The van der Waals surface area contributed by atoms with Gasteiger partial charge in [-0.1, -0.05) is 42.5 Å². The Morgan fingerprint density at radius 2 is 1.44 bits per heavy atom. The predicted molar refractivity (Wildman–Crippen MR) is 66.1 cm³/mol. The Labute approximate surface area is 95.7 Å². The average Bonchev–Trinajstić information content (AvgIpc) is 2.34. The first-order chi connectivity index (χ1) is 7.81. The van der Waals surface area contributed by atoms with Crippen molar-refractivity contribution in [1.82, 2.24) is 0 Å². The molecule has 0 radical (unpaired) electrons. The number of benzene rings is 2. The fourth-order valence-electron chi connectivity index (χ4n) is 1.76. The molecule has 0 saturated heterocycles. The number of ether oxygens (including phenoxy) is 1. The number of anilines is 1. The van der Waals surface area contributed by atoms with Gasteiger partial charge < -0.3 is 10.5 Å². The second-order valence-electron chi connectivity index (χ2n) is 3.69. The van der Waals surface area contributed by atoms with Crippen LogP contribution in [0.1, 0.15) is 17.2 Å². The van der Waals surface area contributed by atoms with Crippen LogP contribution in [-0.2, 0) is 4.74 Å². The van der Waals surface area contributed by atoms with Crippen LogP contribution in [0, 0.1) is 0 Å². The van der Waals surface area contributed by atoms with Crippen molar-refractivity contribution in [3.8, 4) is 0 Å². The highest BCUT2D eigenvalue weighted by Gasteiger charge is 2.11. The van der Waals surface area contributed by atoms with Gasteiger partial charge >= 0.3 is 0 Å². The van der Waals surface area contributed by atoms with E-state index in [1.807, 2.05) is 42.5 Å². The van der Waals surface area contributed by atoms with Gasteiger partial charge in [0.2, 0.25) is 0 Å². The van der Waals surface area contributed by atoms with Gasteiger partial charge in [0, 0.05) is 12.8 Å². The van der Waals surface area contributed by atoms with Crippen molar-refractivity contribution < 1.29 is 4.74 Å². The van der Waals surface area contributed by atoms with Crippen molar-refractivity contribution in [2.24, 2.45) is 0 Å². The van der Waals surface area contributed by atoms with Crippen molar-refractivity contribution in [3.63, 3.8) is 0 Å². The number of rotatable bonds is 3. The van der Waals surface area contributed by atoms with Gasteiger partial charge in [-0.2, -0.15) is 0 Å². The molecule has 0 fully saturated rings. The summed E-state index contributed by atoms with van der Waals surface area (Å²) in [6.07, 6.45) is -0.0261. The lowest BCUT2D eigenvalue weighted by molar-refractivity contribution is 0.136. The van der Waals surface area contributed by atoms with Crippen LogP contribution in [0.4, 0.5) is 5.69 Å². The van der Waals surface area contributed by atoms with E-state index in [2.05, 4.69) is 12.1 Å². The summed E-state index contributed by atoms with van der Waals surface area (Å²) in [5.41, 5.74) is 8.70. The van der Waals surface area contributed by atoms with E-state index in [1.165, 1.54) is 0 Å². The van der Waals surface area contributed by atoms with Crippen LogP contribution >= 0.6 is 0 Å². The molecule has 1 atom stereocenters. The van der Waals surface area contributed by atoms with E-state index in [0.717, 1.165) is 16.8 Å². The molecule has 0 bridgehead atoms. The van der Waals surface area contributed by atoms with Gasteiger partial charge in [0.1, 0.15) is 6.10 Å². The molecule has 0 amide bonds. The van der Waals surface area contributed by atoms with Crippen LogP contribution in [0.3, 0.4) is 0 Å². The Hall–Kier alpha value is -1.80. The largest absolute Gasteiger partial charge is 0.399 e. The Bertz CT molecular complexity index is 436. The van der Waals surface area contributed by atoms with Crippen LogP contribution in [0.25, 0.3) is 0 Å². The minimum Gasteiger partial charge on any atom is -0.399 e. The molecule has 0 spiro atoms. The Morgan fingerprint density at radius 3 is 2.00 bits per heavy atom. The molecular formula is C14H15NO. The van der Waals surface area contributed by atoms with E-state index in [1.54, 1.807) is 7.11 Å². The molecule has 1 unspecified atom stereocenters. The maximum atomic E-state index is 5.67. The lowest BCUT2D eigenvalue weighted by Gasteiger charge is -2.16.